The quantitative estimate of drug-likeness (QED) is 0.553. The lowest BCUT2D eigenvalue weighted by Gasteiger charge is -2.32. The summed E-state index contributed by atoms with van der Waals surface area (Å²) in [4.78, 5) is 24.0. The van der Waals surface area contributed by atoms with Crippen LogP contribution in [0.5, 0.6) is 0 Å². The number of fused-ring (bicyclic) bond motifs is 1. The average Bonchev–Trinajstić information content (AvgIpc) is 3.37. The van der Waals surface area contributed by atoms with Gasteiger partial charge in [-0.2, -0.15) is 5.10 Å². The molecule has 3 aromatic rings. The van der Waals surface area contributed by atoms with Crippen LogP contribution in [0.4, 0.5) is 0 Å². The molecule has 1 aliphatic heterocycles. The molecule has 4 heterocycles. The van der Waals surface area contributed by atoms with Gasteiger partial charge in [0.1, 0.15) is 12.6 Å². The van der Waals surface area contributed by atoms with Gasteiger partial charge in [0.25, 0.3) is 5.91 Å². The van der Waals surface area contributed by atoms with Gasteiger partial charge in [-0.25, -0.2) is 14.5 Å². The first-order chi connectivity index (χ1) is 14.6. The number of hydrogen-bond donors (Lipinski definition) is 0. The number of likely N-dealkylation sites (tertiary alicyclic amines) is 1. The van der Waals surface area contributed by atoms with Crippen LogP contribution >= 0.6 is 0 Å². The van der Waals surface area contributed by atoms with Crippen LogP contribution in [0.15, 0.2) is 24.7 Å². The smallest absolute Gasteiger partial charge is 0.257 e. The van der Waals surface area contributed by atoms with Crippen LogP contribution in [0.2, 0.25) is 0 Å². The van der Waals surface area contributed by atoms with Crippen LogP contribution in [0.3, 0.4) is 0 Å². The Morgan fingerprint density at radius 3 is 2.77 bits per heavy atom. The second kappa shape index (κ2) is 8.93. The molecule has 0 spiro atoms. The Labute approximate surface area is 175 Å². The summed E-state index contributed by atoms with van der Waals surface area (Å²) in [6, 6.07) is 1.91. The van der Waals surface area contributed by atoms with E-state index in [4.69, 9.17) is 9.47 Å². The molecule has 1 aliphatic rings. The minimum atomic E-state index is 0.0137. The highest BCUT2D eigenvalue weighted by Crippen LogP contribution is 2.28. The van der Waals surface area contributed by atoms with E-state index in [1.807, 2.05) is 41.8 Å². The Bertz CT molecular complexity index is 1020. The molecule has 0 radical (unpaired) electrons. The highest BCUT2D eigenvalue weighted by atomic mass is 16.5. The van der Waals surface area contributed by atoms with Gasteiger partial charge >= 0.3 is 0 Å². The molecule has 30 heavy (non-hydrogen) atoms. The highest BCUT2D eigenvalue weighted by molar-refractivity contribution is 5.95. The van der Waals surface area contributed by atoms with Gasteiger partial charge in [0.05, 0.1) is 30.2 Å². The minimum absolute atomic E-state index is 0.0137. The van der Waals surface area contributed by atoms with Crippen LogP contribution in [-0.4, -0.2) is 68.4 Å². The number of methoxy groups -OCH3 is 1. The van der Waals surface area contributed by atoms with Crippen molar-refractivity contribution in [3.63, 3.8) is 0 Å². The van der Waals surface area contributed by atoms with Gasteiger partial charge in [0, 0.05) is 50.8 Å². The number of carbonyl (C=O) groups excluding carboxylic acids is 1. The third kappa shape index (κ3) is 4.08. The van der Waals surface area contributed by atoms with Crippen LogP contribution < -0.4 is 0 Å². The van der Waals surface area contributed by atoms with E-state index in [-0.39, 0.29) is 5.91 Å². The van der Waals surface area contributed by atoms with Crippen LogP contribution in [-0.2, 0) is 16.2 Å². The lowest BCUT2D eigenvalue weighted by Crippen LogP contribution is -2.39. The fourth-order valence-electron chi connectivity index (χ4n) is 3.98. The molecule has 0 bridgehead atoms. The molecule has 0 atom stereocenters. The molecular weight excluding hydrogens is 384 g/mol. The van der Waals surface area contributed by atoms with Crippen LogP contribution in [0, 0.1) is 13.8 Å². The molecule has 0 saturated carbocycles. The van der Waals surface area contributed by atoms with Gasteiger partial charge in [-0.05, 0) is 26.7 Å². The lowest BCUT2D eigenvalue weighted by atomic mass is 9.95. The summed E-state index contributed by atoms with van der Waals surface area (Å²) >= 11 is 0. The van der Waals surface area contributed by atoms with Gasteiger partial charge in [0.15, 0.2) is 5.65 Å². The number of aromatic nitrogens is 5. The molecule has 4 rings (SSSR count). The number of ether oxygens (including phenoxy) is 2. The highest BCUT2D eigenvalue weighted by Gasteiger charge is 2.28. The third-order valence-corrected chi connectivity index (χ3v) is 5.63. The van der Waals surface area contributed by atoms with Gasteiger partial charge in [-0.15, -0.1) is 0 Å². The third-order valence-electron chi connectivity index (χ3n) is 5.63. The number of carbonyl (C=O) groups is 1. The second-order valence-electron chi connectivity index (χ2n) is 7.66. The van der Waals surface area contributed by atoms with Crippen molar-refractivity contribution in [3.05, 3.63) is 47.4 Å². The van der Waals surface area contributed by atoms with Crippen molar-refractivity contribution in [3.8, 4) is 0 Å². The van der Waals surface area contributed by atoms with Crippen molar-refractivity contribution in [1.82, 2.24) is 29.0 Å². The van der Waals surface area contributed by atoms with E-state index in [1.54, 1.807) is 17.8 Å². The summed E-state index contributed by atoms with van der Waals surface area (Å²) in [7, 11) is 1.66. The van der Waals surface area contributed by atoms with E-state index < -0.39 is 0 Å². The van der Waals surface area contributed by atoms with E-state index >= 15 is 0 Å². The lowest BCUT2D eigenvalue weighted by molar-refractivity contribution is 0.0318. The summed E-state index contributed by atoms with van der Waals surface area (Å²) in [5.41, 5.74) is 3.08. The van der Waals surface area contributed by atoms with Crippen molar-refractivity contribution in [2.75, 3.05) is 33.4 Å². The summed E-state index contributed by atoms with van der Waals surface area (Å²) in [6.45, 7) is 6.81. The monoisotopic (exact) mass is 412 g/mol. The van der Waals surface area contributed by atoms with E-state index in [1.165, 1.54) is 0 Å². The average molecular weight is 412 g/mol. The van der Waals surface area contributed by atoms with E-state index in [9.17, 15) is 4.79 Å². The van der Waals surface area contributed by atoms with E-state index in [0.717, 1.165) is 35.7 Å². The molecule has 0 N–H and O–H groups in total. The normalized spacial score (nSPS) is 15.2. The van der Waals surface area contributed by atoms with Gasteiger partial charge in [-0.3, -0.25) is 4.79 Å². The maximum absolute atomic E-state index is 13.1. The van der Waals surface area contributed by atoms with Gasteiger partial charge in [0.2, 0.25) is 0 Å². The summed E-state index contributed by atoms with van der Waals surface area (Å²) < 4.78 is 14.4. The molecule has 0 aliphatic carbocycles. The first-order valence-corrected chi connectivity index (χ1v) is 10.3. The molecule has 1 saturated heterocycles. The topological polar surface area (TPSA) is 86.8 Å². The number of rotatable bonds is 7. The maximum Gasteiger partial charge on any atom is 0.257 e. The maximum atomic E-state index is 13.1. The number of nitrogens with zero attached hydrogens (tertiary/aromatic N) is 6. The summed E-state index contributed by atoms with van der Waals surface area (Å²) in [5.74, 6) is 1.34. The van der Waals surface area contributed by atoms with Gasteiger partial charge in [-0.1, -0.05) is 0 Å². The van der Waals surface area contributed by atoms with Crippen molar-refractivity contribution in [2.24, 2.45) is 0 Å². The summed E-state index contributed by atoms with van der Waals surface area (Å²) in [6.07, 6.45) is 7.16. The zero-order chi connectivity index (χ0) is 21.1. The van der Waals surface area contributed by atoms with Crippen LogP contribution in [0.1, 0.15) is 46.3 Å². The fraction of sp³-hybridized carbons (Fsp3) is 0.524. The van der Waals surface area contributed by atoms with Crippen molar-refractivity contribution >= 4 is 11.6 Å². The zero-order valence-electron chi connectivity index (χ0n) is 17.7. The molecule has 9 nitrogen and oxygen atoms in total. The minimum Gasteiger partial charge on any atom is -0.382 e. The van der Waals surface area contributed by atoms with Gasteiger partial charge < -0.3 is 18.9 Å². The van der Waals surface area contributed by atoms with E-state index in [2.05, 4.69) is 15.1 Å². The molecule has 0 unspecified atom stereocenters. The fourth-order valence-corrected chi connectivity index (χ4v) is 3.98. The molecule has 160 valence electrons. The van der Waals surface area contributed by atoms with Crippen molar-refractivity contribution in [2.45, 2.75) is 39.3 Å². The Balaban J connectivity index is 1.40. The van der Waals surface area contributed by atoms with Crippen molar-refractivity contribution < 1.29 is 14.3 Å². The number of hydrogen-bond acceptors (Lipinski definition) is 6. The predicted octanol–water partition coefficient (Wildman–Crippen LogP) is 2.18. The first-order valence-electron chi connectivity index (χ1n) is 10.3. The number of imidazole rings is 1. The molecule has 3 aromatic heterocycles. The Hall–Kier alpha value is -2.78. The van der Waals surface area contributed by atoms with Crippen molar-refractivity contribution in [1.29, 1.82) is 0 Å². The summed E-state index contributed by atoms with van der Waals surface area (Å²) in [5, 5.41) is 4.45. The Morgan fingerprint density at radius 1 is 1.20 bits per heavy atom. The first kappa shape index (κ1) is 20.5. The second-order valence-corrected chi connectivity index (χ2v) is 7.66. The zero-order valence-corrected chi connectivity index (χ0v) is 17.7. The predicted molar refractivity (Wildman–Crippen MR) is 110 cm³/mol. The van der Waals surface area contributed by atoms with Crippen LogP contribution in [0.25, 0.3) is 5.65 Å². The molecule has 9 heteroatoms. The standard InChI is InChI=1S/C21H28N6O3/c1-15-12-19-23-13-18(16(2)27(19)24-15)21(28)25-7-4-17(5-8-25)20-22-6-9-26(20)14-30-11-10-29-3/h6,9,12-13,17H,4-5,7-8,10-11,14H2,1-3H3. The Kier molecular flexibility index (Phi) is 6.10. The largest absolute Gasteiger partial charge is 0.382 e. The molecule has 1 fully saturated rings. The molecule has 0 aromatic carbocycles. The Morgan fingerprint density at radius 2 is 2.00 bits per heavy atom. The number of amides is 1. The molecule has 1 amide bonds. The molecular formula is C21H28N6O3. The SMILES string of the molecule is COCCOCn1ccnc1C1CCN(C(=O)c2cnc3cc(C)nn3c2C)CC1. The van der Waals surface area contributed by atoms with E-state index in [0.29, 0.717) is 44.5 Å². The number of aryl methyl sites for hydroxylation is 2. The number of piperidine rings is 1.